The number of allylic oxidation sites excluding steroid dienone is 12. The number of nitrogens with one attached hydrogen (secondary N) is 1. The molecular formula is C75H135NO13. The van der Waals surface area contributed by atoms with Crippen molar-refractivity contribution in [2.24, 2.45) is 0 Å². The van der Waals surface area contributed by atoms with E-state index < -0.39 is 86.8 Å². The molecule has 518 valence electrons. The number of carbonyl (C=O) groups is 1. The summed E-state index contributed by atoms with van der Waals surface area (Å²) >= 11 is 0. The summed E-state index contributed by atoms with van der Waals surface area (Å²) in [5, 5.41) is 87.6. The number of amides is 1. The third kappa shape index (κ3) is 43.1. The van der Waals surface area contributed by atoms with E-state index in [1.54, 1.807) is 0 Å². The third-order valence-corrected chi connectivity index (χ3v) is 17.7. The molecule has 14 heteroatoms. The molecule has 9 N–H and O–H groups in total. The molecule has 12 atom stereocenters. The number of hydrogen-bond acceptors (Lipinski definition) is 13. The highest BCUT2D eigenvalue weighted by molar-refractivity contribution is 5.76. The zero-order valence-electron chi connectivity index (χ0n) is 56.4. The number of unbranched alkanes of at least 4 members (excludes halogenated alkanes) is 35. The van der Waals surface area contributed by atoms with Crippen LogP contribution in [0.15, 0.2) is 72.9 Å². The van der Waals surface area contributed by atoms with Gasteiger partial charge in [-0.25, -0.2) is 0 Å². The first-order valence-electron chi connectivity index (χ1n) is 36.7. The fraction of sp³-hybridized carbons (Fsp3) is 0.827. The van der Waals surface area contributed by atoms with Crippen LogP contribution in [0.5, 0.6) is 0 Å². The van der Waals surface area contributed by atoms with Gasteiger partial charge < -0.3 is 65.1 Å². The van der Waals surface area contributed by atoms with Crippen molar-refractivity contribution in [1.29, 1.82) is 0 Å². The Morgan fingerprint density at radius 3 is 1.19 bits per heavy atom. The lowest BCUT2D eigenvalue weighted by atomic mass is 9.97. The Labute approximate surface area is 542 Å². The predicted octanol–water partition coefficient (Wildman–Crippen LogP) is 15.4. The largest absolute Gasteiger partial charge is 0.394 e. The number of aliphatic hydroxyl groups is 8. The van der Waals surface area contributed by atoms with Crippen LogP contribution in [0.1, 0.15) is 303 Å². The van der Waals surface area contributed by atoms with Crippen LogP contribution in [0.25, 0.3) is 0 Å². The first-order valence-corrected chi connectivity index (χ1v) is 36.7. The lowest BCUT2D eigenvalue weighted by Gasteiger charge is -2.46. The Kier molecular flexibility index (Phi) is 54.9. The SMILES string of the molecule is CC/C=C\C/C=C\C/C=C\C/C=C\C/C=C\C/C=C\CCCCCCCCCCCCCCCCCCCCCCC(=O)NC(COC1OC(CO)C(OC2OC(CO)C(O)C(O)C2O)C(O)C1O)C(O)CCCCCCCCCCCCCCCCCC. The van der Waals surface area contributed by atoms with Crippen molar-refractivity contribution in [1.82, 2.24) is 5.32 Å². The maximum absolute atomic E-state index is 13.3. The van der Waals surface area contributed by atoms with Gasteiger partial charge in [-0.1, -0.05) is 305 Å². The predicted molar refractivity (Wildman–Crippen MR) is 364 cm³/mol. The highest BCUT2D eigenvalue weighted by Crippen LogP contribution is 2.30. The minimum Gasteiger partial charge on any atom is -0.394 e. The molecule has 2 rings (SSSR count). The summed E-state index contributed by atoms with van der Waals surface area (Å²) in [4.78, 5) is 13.3. The normalized spacial score (nSPS) is 23.4. The van der Waals surface area contributed by atoms with Gasteiger partial charge in [0.15, 0.2) is 12.6 Å². The van der Waals surface area contributed by atoms with Gasteiger partial charge in [-0.2, -0.15) is 0 Å². The summed E-state index contributed by atoms with van der Waals surface area (Å²) in [6.45, 7) is 2.78. The zero-order chi connectivity index (χ0) is 64.5. The van der Waals surface area contributed by atoms with E-state index >= 15 is 0 Å². The van der Waals surface area contributed by atoms with Crippen LogP contribution in [-0.4, -0.2) is 140 Å². The smallest absolute Gasteiger partial charge is 0.220 e. The van der Waals surface area contributed by atoms with E-state index in [-0.39, 0.29) is 12.5 Å². The molecule has 2 aliphatic rings. The molecule has 14 nitrogen and oxygen atoms in total. The van der Waals surface area contributed by atoms with Crippen molar-refractivity contribution >= 4 is 5.91 Å². The van der Waals surface area contributed by atoms with E-state index in [1.807, 2.05) is 0 Å². The molecule has 0 radical (unpaired) electrons. The lowest BCUT2D eigenvalue weighted by Crippen LogP contribution is -2.65. The number of ether oxygens (including phenoxy) is 4. The van der Waals surface area contributed by atoms with Crippen LogP contribution in [0, 0.1) is 0 Å². The second-order valence-electron chi connectivity index (χ2n) is 25.7. The number of rotatable bonds is 60. The van der Waals surface area contributed by atoms with Crippen LogP contribution in [0.4, 0.5) is 0 Å². The third-order valence-electron chi connectivity index (χ3n) is 17.7. The average molecular weight is 1260 g/mol. The zero-order valence-corrected chi connectivity index (χ0v) is 56.4. The van der Waals surface area contributed by atoms with Crippen LogP contribution in [-0.2, 0) is 23.7 Å². The summed E-state index contributed by atoms with van der Waals surface area (Å²) in [5.41, 5.74) is 0. The lowest BCUT2D eigenvalue weighted by molar-refractivity contribution is -0.359. The van der Waals surface area contributed by atoms with Gasteiger partial charge in [-0.3, -0.25) is 4.79 Å². The van der Waals surface area contributed by atoms with E-state index in [9.17, 15) is 45.6 Å². The molecule has 2 saturated heterocycles. The van der Waals surface area contributed by atoms with Crippen molar-refractivity contribution in [3.63, 3.8) is 0 Å². The van der Waals surface area contributed by atoms with Crippen LogP contribution in [0.2, 0.25) is 0 Å². The van der Waals surface area contributed by atoms with Gasteiger partial charge in [0.2, 0.25) is 5.91 Å². The number of carbonyl (C=O) groups excluding carboxylic acids is 1. The highest BCUT2D eigenvalue weighted by Gasteiger charge is 2.51. The van der Waals surface area contributed by atoms with Crippen LogP contribution in [0.3, 0.4) is 0 Å². The maximum atomic E-state index is 13.3. The Bertz CT molecular complexity index is 1770. The molecule has 0 saturated carbocycles. The second kappa shape index (κ2) is 59.2. The molecular weight excluding hydrogens is 1120 g/mol. The Morgan fingerprint density at radius 2 is 0.775 bits per heavy atom. The molecule has 89 heavy (non-hydrogen) atoms. The van der Waals surface area contributed by atoms with E-state index in [0.717, 1.165) is 89.9 Å². The van der Waals surface area contributed by atoms with Crippen LogP contribution >= 0.6 is 0 Å². The van der Waals surface area contributed by atoms with Crippen molar-refractivity contribution in [2.75, 3.05) is 19.8 Å². The molecule has 0 bridgehead atoms. The fourth-order valence-electron chi connectivity index (χ4n) is 11.9. The van der Waals surface area contributed by atoms with Crippen LogP contribution < -0.4 is 5.32 Å². The van der Waals surface area contributed by atoms with Gasteiger partial charge in [0.1, 0.15) is 48.8 Å². The van der Waals surface area contributed by atoms with Gasteiger partial charge in [-0.15, -0.1) is 0 Å². The molecule has 12 unspecified atom stereocenters. The van der Waals surface area contributed by atoms with E-state index in [0.29, 0.717) is 12.8 Å². The van der Waals surface area contributed by atoms with Crippen molar-refractivity contribution in [3.8, 4) is 0 Å². The summed E-state index contributed by atoms with van der Waals surface area (Å²) in [6.07, 6.45) is 63.6. The molecule has 0 spiro atoms. The highest BCUT2D eigenvalue weighted by atomic mass is 16.7. The summed E-state index contributed by atoms with van der Waals surface area (Å²) < 4.78 is 22.9. The Hall–Kier alpha value is -2.57. The molecule has 0 aromatic carbocycles. The number of hydrogen-bond donors (Lipinski definition) is 9. The van der Waals surface area contributed by atoms with Gasteiger partial charge >= 0.3 is 0 Å². The van der Waals surface area contributed by atoms with E-state index in [1.165, 1.54) is 186 Å². The monoisotopic (exact) mass is 1260 g/mol. The maximum Gasteiger partial charge on any atom is 0.220 e. The van der Waals surface area contributed by atoms with Crippen molar-refractivity contribution < 1.29 is 64.6 Å². The molecule has 1 amide bonds. The first kappa shape index (κ1) is 82.5. The minimum absolute atomic E-state index is 0.203. The molecule has 0 aliphatic carbocycles. The Morgan fingerprint density at radius 1 is 0.416 bits per heavy atom. The Balaban J connectivity index is 1.57. The quantitative estimate of drug-likeness (QED) is 0.0204. The first-order chi connectivity index (χ1) is 43.6. The minimum atomic E-state index is -1.78. The average Bonchev–Trinajstić information content (AvgIpc) is 2.55. The summed E-state index contributed by atoms with van der Waals surface area (Å²) in [6, 6.07) is -0.830. The molecule has 0 aromatic heterocycles. The van der Waals surface area contributed by atoms with Gasteiger partial charge in [0.05, 0.1) is 32.0 Å². The van der Waals surface area contributed by atoms with Gasteiger partial charge in [0.25, 0.3) is 0 Å². The molecule has 0 aromatic rings. The van der Waals surface area contributed by atoms with Gasteiger partial charge in [0, 0.05) is 6.42 Å². The van der Waals surface area contributed by atoms with E-state index in [4.69, 9.17) is 18.9 Å². The second-order valence-corrected chi connectivity index (χ2v) is 25.7. The molecule has 2 aliphatic heterocycles. The topological polar surface area (TPSA) is 228 Å². The van der Waals surface area contributed by atoms with E-state index in [2.05, 4.69) is 92.1 Å². The van der Waals surface area contributed by atoms with Gasteiger partial charge in [-0.05, 0) is 64.2 Å². The summed E-state index contributed by atoms with van der Waals surface area (Å²) in [7, 11) is 0. The molecule has 2 heterocycles. The van der Waals surface area contributed by atoms with Crippen molar-refractivity contribution in [3.05, 3.63) is 72.9 Å². The molecule has 2 fully saturated rings. The summed E-state index contributed by atoms with van der Waals surface area (Å²) in [5.74, 6) is -0.203. The standard InChI is InChI=1S/C75H135NO13/c1-3-5-7-9-11-13-15-17-19-21-22-23-24-25-26-27-28-29-30-31-32-33-34-35-36-37-38-39-40-41-42-43-45-47-49-51-53-55-57-59-67(80)76-63(64(79)58-56-54-52-50-48-46-44-20-18-16-14-12-10-8-6-4-2)62-86-74-72(85)70(83)73(66(61-78)88-74)89-75-71(84)69(82)68(81)65(60-77)87-75/h5,7,11,13,17,19,22-23,25-26,28-29,63-66,68-75,77-79,81-85H,3-4,6,8-10,12,14-16,18,20-21,24,27,30-62H2,1-2H3,(H,76,80)/b7-5-,13-11-,19-17-,23-22-,26-25-,29-28-. The van der Waals surface area contributed by atoms with Crippen molar-refractivity contribution in [2.45, 2.75) is 376 Å². The number of aliphatic hydroxyl groups excluding tert-OH is 8. The fourth-order valence-corrected chi connectivity index (χ4v) is 11.9.